The van der Waals surface area contributed by atoms with Crippen molar-refractivity contribution in [3.63, 3.8) is 0 Å². The Morgan fingerprint density at radius 1 is 0.963 bits per heavy atom. The molecule has 0 aliphatic rings. The molecule has 0 fully saturated rings. The summed E-state index contributed by atoms with van der Waals surface area (Å²) in [4.78, 5) is 12.3. The number of nitrogens with one attached hydrogen (secondary N) is 1. The van der Waals surface area contributed by atoms with E-state index >= 15 is 0 Å². The predicted octanol–water partition coefficient (Wildman–Crippen LogP) is 4.85. The lowest BCUT2D eigenvalue weighted by molar-refractivity contribution is -0.123. The summed E-state index contributed by atoms with van der Waals surface area (Å²) in [5, 5.41) is 2.93. The Labute approximate surface area is 169 Å². The Hall–Kier alpha value is -2.21. The van der Waals surface area contributed by atoms with E-state index in [1.54, 1.807) is 14.2 Å². The first-order valence-electron chi connectivity index (χ1n) is 8.79. The number of ether oxygens (including phenoxy) is 3. The third-order valence-electron chi connectivity index (χ3n) is 4.27. The molecule has 0 spiro atoms. The second-order valence-corrected chi connectivity index (χ2v) is 7.39. The van der Waals surface area contributed by atoms with Crippen LogP contribution in [0.4, 0.5) is 0 Å². The molecular formula is C21H26BrNO4. The molecule has 0 aromatic heterocycles. The smallest absolute Gasteiger partial charge is 0.258 e. The number of carbonyl (C=O) groups excluding carboxylic acids is 1. The maximum absolute atomic E-state index is 12.3. The monoisotopic (exact) mass is 435 g/mol. The van der Waals surface area contributed by atoms with Crippen LogP contribution in [0.5, 0.6) is 17.2 Å². The van der Waals surface area contributed by atoms with Gasteiger partial charge in [-0.05, 0) is 64.2 Å². The van der Waals surface area contributed by atoms with E-state index < -0.39 is 0 Å². The van der Waals surface area contributed by atoms with Crippen LogP contribution >= 0.6 is 15.9 Å². The number of hydrogen-bond acceptors (Lipinski definition) is 4. The first-order chi connectivity index (χ1) is 12.8. The molecule has 2 rings (SSSR count). The molecule has 1 N–H and O–H groups in total. The van der Waals surface area contributed by atoms with E-state index in [0.29, 0.717) is 23.2 Å². The van der Waals surface area contributed by atoms with Gasteiger partial charge in [0, 0.05) is 0 Å². The third kappa shape index (κ3) is 5.63. The lowest BCUT2D eigenvalue weighted by Crippen LogP contribution is -2.31. The second-order valence-electron chi connectivity index (χ2n) is 6.54. The van der Waals surface area contributed by atoms with Crippen molar-refractivity contribution in [3.05, 3.63) is 52.0 Å². The van der Waals surface area contributed by atoms with Crippen molar-refractivity contribution in [2.75, 3.05) is 20.8 Å². The molecule has 146 valence electrons. The Morgan fingerprint density at radius 3 is 2.19 bits per heavy atom. The molecule has 0 heterocycles. The fourth-order valence-electron chi connectivity index (χ4n) is 2.63. The maximum Gasteiger partial charge on any atom is 0.258 e. The number of methoxy groups -OCH3 is 2. The standard InChI is InChI=1S/C21H26BrNO4/c1-13(2)15-6-8-18(17(22)10-15)27-12-21(24)23-14(3)16-7-9-19(25-4)20(11-16)26-5/h6-11,13-14H,12H2,1-5H3,(H,23,24)/t14-/m1/s1. The van der Waals surface area contributed by atoms with Gasteiger partial charge in [-0.3, -0.25) is 4.79 Å². The molecule has 0 saturated carbocycles. The Kier molecular flexibility index (Phi) is 7.54. The molecule has 1 amide bonds. The largest absolute Gasteiger partial charge is 0.493 e. The Bertz CT molecular complexity index is 792. The van der Waals surface area contributed by atoms with Crippen molar-refractivity contribution >= 4 is 21.8 Å². The molecule has 0 aliphatic heterocycles. The highest BCUT2D eigenvalue weighted by atomic mass is 79.9. The molecule has 0 unspecified atom stereocenters. The van der Waals surface area contributed by atoms with E-state index in [9.17, 15) is 4.79 Å². The Balaban J connectivity index is 1.95. The van der Waals surface area contributed by atoms with Gasteiger partial charge >= 0.3 is 0 Å². The first-order valence-corrected chi connectivity index (χ1v) is 9.58. The Morgan fingerprint density at radius 2 is 1.59 bits per heavy atom. The average Bonchev–Trinajstić information content (AvgIpc) is 2.66. The molecule has 2 aromatic rings. The zero-order chi connectivity index (χ0) is 20.0. The number of halogens is 1. The second kappa shape index (κ2) is 9.65. The number of benzene rings is 2. The first kappa shape index (κ1) is 21.1. The molecule has 5 nitrogen and oxygen atoms in total. The van der Waals surface area contributed by atoms with Crippen molar-refractivity contribution in [2.24, 2.45) is 0 Å². The molecule has 0 saturated heterocycles. The zero-order valence-electron chi connectivity index (χ0n) is 16.3. The van der Waals surface area contributed by atoms with Gasteiger partial charge in [-0.2, -0.15) is 0 Å². The summed E-state index contributed by atoms with van der Waals surface area (Å²) in [6, 6.07) is 11.3. The number of carbonyl (C=O) groups is 1. The molecular weight excluding hydrogens is 410 g/mol. The van der Waals surface area contributed by atoms with Gasteiger partial charge in [0.2, 0.25) is 0 Å². The highest BCUT2D eigenvalue weighted by Gasteiger charge is 2.14. The average molecular weight is 436 g/mol. The van der Waals surface area contributed by atoms with Crippen LogP contribution in [-0.4, -0.2) is 26.7 Å². The summed E-state index contributed by atoms with van der Waals surface area (Å²) >= 11 is 3.50. The van der Waals surface area contributed by atoms with Gasteiger partial charge in [0.15, 0.2) is 18.1 Å². The number of rotatable bonds is 8. The van der Waals surface area contributed by atoms with Crippen LogP contribution in [0.1, 0.15) is 43.9 Å². The van der Waals surface area contributed by atoms with E-state index in [1.165, 1.54) is 5.56 Å². The minimum Gasteiger partial charge on any atom is -0.493 e. The van der Waals surface area contributed by atoms with Crippen LogP contribution in [0.15, 0.2) is 40.9 Å². The van der Waals surface area contributed by atoms with Crippen LogP contribution in [0.3, 0.4) is 0 Å². The molecule has 0 aliphatic carbocycles. The highest BCUT2D eigenvalue weighted by Crippen LogP contribution is 2.30. The minimum atomic E-state index is -0.197. The van der Waals surface area contributed by atoms with Gasteiger partial charge < -0.3 is 19.5 Å². The van der Waals surface area contributed by atoms with E-state index in [0.717, 1.165) is 10.0 Å². The molecule has 0 bridgehead atoms. The van der Waals surface area contributed by atoms with Gasteiger partial charge in [-0.1, -0.05) is 26.0 Å². The number of hydrogen-bond donors (Lipinski definition) is 1. The highest BCUT2D eigenvalue weighted by molar-refractivity contribution is 9.10. The van der Waals surface area contributed by atoms with Gasteiger partial charge in [0.05, 0.1) is 24.7 Å². The quantitative estimate of drug-likeness (QED) is 0.643. The normalized spacial score (nSPS) is 11.8. The molecule has 6 heteroatoms. The van der Waals surface area contributed by atoms with Crippen molar-refractivity contribution in [1.29, 1.82) is 0 Å². The van der Waals surface area contributed by atoms with Crippen LogP contribution in [-0.2, 0) is 4.79 Å². The van der Waals surface area contributed by atoms with Crippen LogP contribution < -0.4 is 19.5 Å². The predicted molar refractivity (Wildman–Crippen MR) is 110 cm³/mol. The summed E-state index contributed by atoms with van der Waals surface area (Å²) in [7, 11) is 3.17. The van der Waals surface area contributed by atoms with Crippen molar-refractivity contribution in [2.45, 2.75) is 32.7 Å². The van der Waals surface area contributed by atoms with Gasteiger partial charge in [-0.15, -0.1) is 0 Å². The van der Waals surface area contributed by atoms with Crippen molar-refractivity contribution in [3.8, 4) is 17.2 Å². The lowest BCUT2D eigenvalue weighted by atomic mass is 10.0. The summed E-state index contributed by atoms with van der Waals surface area (Å²) < 4.78 is 17.0. The van der Waals surface area contributed by atoms with Crippen LogP contribution in [0, 0.1) is 0 Å². The maximum atomic E-state index is 12.3. The van der Waals surface area contributed by atoms with E-state index in [1.807, 2.05) is 43.3 Å². The SMILES string of the molecule is COc1ccc([C@@H](C)NC(=O)COc2ccc(C(C)C)cc2Br)cc1OC. The van der Waals surface area contributed by atoms with Gasteiger partial charge in [-0.25, -0.2) is 0 Å². The summed E-state index contributed by atoms with van der Waals surface area (Å²) in [6.45, 7) is 6.11. The lowest BCUT2D eigenvalue weighted by Gasteiger charge is -2.17. The zero-order valence-corrected chi connectivity index (χ0v) is 17.9. The van der Waals surface area contributed by atoms with Crippen molar-refractivity contribution in [1.82, 2.24) is 5.32 Å². The summed E-state index contributed by atoms with van der Waals surface area (Å²) in [5.41, 5.74) is 2.13. The van der Waals surface area contributed by atoms with E-state index in [-0.39, 0.29) is 18.6 Å². The molecule has 0 radical (unpaired) electrons. The van der Waals surface area contributed by atoms with Crippen molar-refractivity contribution < 1.29 is 19.0 Å². The fourth-order valence-corrected chi connectivity index (χ4v) is 3.14. The van der Waals surface area contributed by atoms with Gasteiger partial charge in [0.1, 0.15) is 5.75 Å². The topological polar surface area (TPSA) is 56.8 Å². The summed E-state index contributed by atoms with van der Waals surface area (Å²) in [6.07, 6.45) is 0. The van der Waals surface area contributed by atoms with E-state index in [2.05, 4.69) is 35.1 Å². The molecule has 27 heavy (non-hydrogen) atoms. The van der Waals surface area contributed by atoms with E-state index in [4.69, 9.17) is 14.2 Å². The van der Waals surface area contributed by atoms with Crippen LogP contribution in [0.25, 0.3) is 0 Å². The fraction of sp³-hybridized carbons (Fsp3) is 0.381. The minimum absolute atomic E-state index is 0.0583. The summed E-state index contributed by atoms with van der Waals surface area (Å²) in [5.74, 6) is 2.16. The van der Waals surface area contributed by atoms with Crippen LogP contribution in [0.2, 0.25) is 0 Å². The number of amides is 1. The molecule has 2 aromatic carbocycles. The third-order valence-corrected chi connectivity index (χ3v) is 4.89. The molecule has 1 atom stereocenters. The van der Waals surface area contributed by atoms with Gasteiger partial charge in [0.25, 0.3) is 5.91 Å².